The molecule has 0 saturated carbocycles. The maximum Gasteiger partial charge on any atom is 0.411 e. The van der Waals surface area contributed by atoms with Crippen molar-refractivity contribution in [3.05, 3.63) is 36.0 Å². The second-order valence-corrected chi connectivity index (χ2v) is 5.05. The van der Waals surface area contributed by atoms with Gasteiger partial charge in [0.25, 0.3) is 5.89 Å². The zero-order chi connectivity index (χ0) is 16.7. The van der Waals surface area contributed by atoms with Gasteiger partial charge in [0.2, 0.25) is 0 Å². The van der Waals surface area contributed by atoms with Crippen LogP contribution in [-0.2, 0) is 11.2 Å². The lowest BCUT2D eigenvalue weighted by Gasteiger charge is -2.11. The Bertz CT molecular complexity index is 625. The van der Waals surface area contributed by atoms with Crippen molar-refractivity contribution in [1.29, 1.82) is 0 Å². The lowest BCUT2D eigenvalue weighted by Crippen LogP contribution is -2.10. The van der Waals surface area contributed by atoms with Crippen molar-refractivity contribution in [3.63, 3.8) is 0 Å². The van der Waals surface area contributed by atoms with Crippen molar-refractivity contribution >= 4 is 11.8 Å². The van der Waals surface area contributed by atoms with Crippen LogP contribution in [0.1, 0.15) is 44.5 Å². The number of amides is 1. The molecule has 0 aliphatic carbocycles. The average molecular weight is 319 g/mol. The van der Waals surface area contributed by atoms with Crippen LogP contribution < -0.4 is 10.1 Å². The van der Waals surface area contributed by atoms with Crippen LogP contribution in [0.25, 0.3) is 0 Å². The summed E-state index contributed by atoms with van der Waals surface area (Å²) in [6.45, 7) is 3.96. The molecule has 124 valence electrons. The Balaban J connectivity index is 1.93. The minimum atomic E-state index is -0.516. The van der Waals surface area contributed by atoms with E-state index >= 15 is 0 Å². The van der Waals surface area contributed by atoms with Gasteiger partial charge in [-0.3, -0.25) is 5.32 Å². The van der Waals surface area contributed by atoms with E-state index in [1.807, 2.05) is 6.92 Å². The molecule has 7 heteroatoms. The van der Waals surface area contributed by atoms with E-state index < -0.39 is 6.09 Å². The van der Waals surface area contributed by atoms with E-state index in [4.69, 9.17) is 9.26 Å². The molecule has 1 N–H and O–H groups in total. The summed E-state index contributed by atoms with van der Waals surface area (Å²) in [7, 11) is 1.31. The molecule has 1 heterocycles. The monoisotopic (exact) mass is 319 g/mol. The van der Waals surface area contributed by atoms with Crippen molar-refractivity contribution in [1.82, 2.24) is 10.1 Å². The number of nitrogens with zero attached hydrogens (tertiary/aromatic N) is 2. The average Bonchev–Trinajstić information content (AvgIpc) is 3.03. The van der Waals surface area contributed by atoms with Gasteiger partial charge in [-0.1, -0.05) is 18.5 Å². The molecule has 2 rings (SSSR count). The molecule has 1 atom stereocenters. The highest BCUT2D eigenvalue weighted by Crippen LogP contribution is 2.22. The second kappa shape index (κ2) is 8.17. The Labute approximate surface area is 135 Å². The van der Waals surface area contributed by atoms with Gasteiger partial charge in [-0.2, -0.15) is 4.98 Å². The van der Waals surface area contributed by atoms with E-state index in [2.05, 4.69) is 27.1 Å². The molecule has 1 aromatic carbocycles. The van der Waals surface area contributed by atoms with Crippen LogP contribution in [0.4, 0.5) is 10.5 Å². The van der Waals surface area contributed by atoms with Gasteiger partial charge in [-0.15, -0.1) is 0 Å². The Kier molecular flexibility index (Phi) is 5.96. The zero-order valence-electron chi connectivity index (χ0n) is 13.5. The van der Waals surface area contributed by atoms with E-state index in [0.717, 1.165) is 19.3 Å². The van der Waals surface area contributed by atoms with Crippen LogP contribution in [0.5, 0.6) is 5.75 Å². The van der Waals surface area contributed by atoms with Crippen molar-refractivity contribution in [2.45, 2.75) is 39.2 Å². The Morgan fingerprint density at radius 1 is 1.35 bits per heavy atom. The standard InChI is InChI=1S/C16H21N3O4/c1-4-5-6-14-18-15(23-19-14)11(2)22-13-9-7-12(8-10-13)17-16(20)21-3/h7-11H,4-6H2,1-3H3,(H,17,20)/t11-/m1/s1. The van der Waals surface area contributed by atoms with Gasteiger partial charge in [-0.25, -0.2) is 4.79 Å². The van der Waals surface area contributed by atoms with Gasteiger partial charge in [0, 0.05) is 12.1 Å². The van der Waals surface area contributed by atoms with E-state index in [-0.39, 0.29) is 6.10 Å². The number of carbonyl (C=O) groups is 1. The minimum absolute atomic E-state index is 0.350. The van der Waals surface area contributed by atoms with E-state index in [1.165, 1.54) is 7.11 Å². The largest absolute Gasteiger partial charge is 0.481 e. The third-order valence-corrected chi connectivity index (χ3v) is 3.18. The maximum atomic E-state index is 11.1. The number of aromatic nitrogens is 2. The minimum Gasteiger partial charge on any atom is -0.481 e. The summed E-state index contributed by atoms with van der Waals surface area (Å²) in [5, 5.41) is 6.51. The van der Waals surface area contributed by atoms with E-state index in [9.17, 15) is 4.79 Å². The Morgan fingerprint density at radius 2 is 2.09 bits per heavy atom. The molecule has 0 saturated heterocycles. The number of methoxy groups -OCH3 is 1. The first-order chi connectivity index (χ1) is 11.1. The van der Waals surface area contributed by atoms with Crippen molar-refractivity contribution in [3.8, 4) is 5.75 Å². The van der Waals surface area contributed by atoms with Crippen LogP contribution in [0.15, 0.2) is 28.8 Å². The molecule has 0 fully saturated rings. The summed E-state index contributed by atoms with van der Waals surface area (Å²) in [6, 6.07) is 6.94. The fraction of sp³-hybridized carbons (Fsp3) is 0.438. The van der Waals surface area contributed by atoms with Gasteiger partial charge < -0.3 is 14.0 Å². The fourth-order valence-electron chi connectivity index (χ4n) is 1.91. The summed E-state index contributed by atoms with van der Waals surface area (Å²) in [5.41, 5.74) is 0.622. The normalized spacial score (nSPS) is 11.8. The number of nitrogens with one attached hydrogen (secondary N) is 1. The molecule has 0 aliphatic heterocycles. The van der Waals surface area contributed by atoms with Crippen LogP contribution in [0.3, 0.4) is 0 Å². The molecule has 23 heavy (non-hydrogen) atoms. The summed E-state index contributed by atoms with van der Waals surface area (Å²) in [5.74, 6) is 1.80. The van der Waals surface area contributed by atoms with Crippen LogP contribution in [0, 0.1) is 0 Å². The second-order valence-electron chi connectivity index (χ2n) is 5.05. The molecule has 1 amide bonds. The summed E-state index contributed by atoms with van der Waals surface area (Å²) in [6.07, 6.45) is 2.06. The van der Waals surface area contributed by atoms with Crippen molar-refractivity contribution in [2.75, 3.05) is 12.4 Å². The number of carbonyl (C=O) groups excluding carboxylic acids is 1. The van der Waals surface area contributed by atoms with E-state index in [0.29, 0.717) is 23.2 Å². The van der Waals surface area contributed by atoms with Gasteiger partial charge in [0.15, 0.2) is 11.9 Å². The van der Waals surface area contributed by atoms with Gasteiger partial charge >= 0.3 is 6.09 Å². The Morgan fingerprint density at radius 3 is 2.74 bits per heavy atom. The highest BCUT2D eigenvalue weighted by Gasteiger charge is 2.15. The number of ether oxygens (including phenoxy) is 2. The molecular formula is C16H21N3O4. The molecule has 2 aromatic rings. The number of unbranched alkanes of at least 4 members (excludes halogenated alkanes) is 1. The fourth-order valence-corrected chi connectivity index (χ4v) is 1.91. The molecular weight excluding hydrogens is 298 g/mol. The first-order valence-corrected chi connectivity index (χ1v) is 7.56. The first kappa shape index (κ1) is 16.8. The number of hydrogen-bond acceptors (Lipinski definition) is 6. The van der Waals surface area contributed by atoms with Crippen LogP contribution in [0.2, 0.25) is 0 Å². The Hall–Kier alpha value is -2.57. The van der Waals surface area contributed by atoms with Crippen molar-refractivity contribution < 1.29 is 18.8 Å². The number of benzene rings is 1. The molecule has 0 unspecified atom stereocenters. The first-order valence-electron chi connectivity index (χ1n) is 7.56. The number of hydrogen-bond donors (Lipinski definition) is 1. The van der Waals surface area contributed by atoms with Crippen LogP contribution in [-0.4, -0.2) is 23.3 Å². The molecule has 7 nitrogen and oxygen atoms in total. The molecule has 0 bridgehead atoms. The van der Waals surface area contributed by atoms with Crippen LogP contribution >= 0.6 is 0 Å². The highest BCUT2D eigenvalue weighted by molar-refractivity contribution is 5.84. The van der Waals surface area contributed by atoms with E-state index in [1.54, 1.807) is 24.3 Å². The number of aryl methyl sites for hydroxylation is 1. The molecule has 0 spiro atoms. The third kappa shape index (κ3) is 4.98. The zero-order valence-corrected chi connectivity index (χ0v) is 13.5. The summed E-state index contributed by atoms with van der Waals surface area (Å²) >= 11 is 0. The highest BCUT2D eigenvalue weighted by atomic mass is 16.5. The SMILES string of the molecule is CCCCc1noc([C@@H](C)Oc2ccc(NC(=O)OC)cc2)n1. The predicted octanol–water partition coefficient (Wildman–Crippen LogP) is 3.73. The molecule has 1 aromatic heterocycles. The number of rotatable bonds is 7. The van der Waals surface area contributed by atoms with Gasteiger partial charge in [-0.05, 0) is 37.6 Å². The number of anilines is 1. The van der Waals surface area contributed by atoms with Gasteiger partial charge in [0.05, 0.1) is 7.11 Å². The predicted molar refractivity (Wildman–Crippen MR) is 84.4 cm³/mol. The molecule has 0 radical (unpaired) electrons. The summed E-state index contributed by atoms with van der Waals surface area (Å²) < 4.78 is 15.5. The smallest absolute Gasteiger partial charge is 0.411 e. The van der Waals surface area contributed by atoms with Gasteiger partial charge in [0.1, 0.15) is 5.75 Å². The maximum absolute atomic E-state index is 11.1. The third-order valence-electron chi connectivity index (χ3n) is 3.18. The lowest BCUT2D eigenvalue weighted by molar-refractivity contribution is 0.175. The lowest BCUT2D eigenvalue weighted by atomic mass is 10.2. The molecule has 0 aliphatic rings. The van der Waals surface area contributed by atoms with Crippen molar-refractivity contribution in [2.24, 2.45) is 0 Å². The topological polar surface area (TPSA) is 86.5 Å². The summed E-state index contributed by atoms with van der Waals surface area (Å²) in [4.78, 5) is 15.4. The quantitative estimate of drug-likeness (QED) is 0.836.